The number of hydrogen-bond acceptors (Lipinski definition) is 14. The first-order chi connectivity index (χ1) is 31.2. The van der Waals surface area contributed by atoms with Gasteiger partial charge < -0.3 is 47.4 Å². The first-order valence-corrected chi connectivity index (χ1v) is 20.1. The zero-order valence-electron chi connectivity index (χ0n) is 36.6. The van der Waals surface area contributed by atoms with Gasteiger partial charge in [-0.3, -0.25) is 29.0 Å². The molecule has 0 spiro atoms. The number of nitrogens with two attached hydrogens (primary N) is 2. The van der Waals surface area contributed by atoms with E-state index in [9.17, 15) is 36.3 Å². The number of amides is 2. The number of carbonyl (C=O) groups is 4. The predicted octanol–water partition coefficient (Wildman–Crippen LogP) is 5.91. The lowest BCUT2D eigenvalue weighted by molar-refractivity contribution is -0.136. The lowest BCUT2D eigenvalue weighted by Gasteiger charge is -2.13. The predicted molar refractivity (Wildman–Crippen MR) is 235 cm³/mol. The standard InChI is InChI=1S/C37H43F5N8O5.C2H6.CH3NO.CH3N.CH2O2/c1-21(2)23(18-44-15-17-54-16-13-26(51)55-33-30(41)28(39)27(38)29(40)31(33)42)8-6-4-3-5-7-14-45-35(52)22-9-11-24(12-10-22)46-19-25-20-47-34-32(48-25)36(53)50-37(43)49-34;1-2;2-1-3;1-2;2-1-3/h9-12,18,20-21,44,46H,3-8,13-17,19H2,1-2H3,(H,45,52)(H3,43,47,49,50,53);1-2H3;1H,(H2,2,3);2H,1H2;1H,(H,2,3)/b23-18-;;;;. The summed E-state index contributed by atoms with van der Waals surface area (Å²) in [5.74, 6) is -13.9. The van der Waals surface area contributed by atoms with Crippen molar-refractivity contribution in [1.29, 1.82) is 5.41 Å². The van der Waals surface area contributed by atoms with Gasteiger partial charge in [0.1, 0.15) is 0 Å². The summed E-state index contributed by atoms with van der Waals surface area (Å²) in [7, 11) is 0. The molecule has 0 saturated heterocycles. The van der Waals surface area contributed by atoms with Crippen molar-refractivity contribution in [3.63, 3.8) is 0 Å². The Morgan fingerprint density at radius 2 is 1.46 bits per heavy atom. The van der Waals surface area contributed by atoms with Gasteiger partial charge >= 0.3 is 5.97 Å². The molecular formula is C42H57F5N10O8. The van der Waals surface area contributed by atoms with E-state index in [2.05, 4.69) is 66.9 Å². The molecule has 0 saturated carbocycles. The van der Waals surface area contributed by atoms with Crippen molar-refractivity contribution in [2.45, 2.75) is 79.2 Å². The van der Waals surface area contributed by atoms with E-state index in [-0.39, 0.29) is 49.1 Å². The van der Waals surface area contributed by atoms with Crippen LogP contribution in [0, 0.1) is 40.4 Å². The van der Waals surface area contributed by atoms with Crippen LogP contribution in [0.3, 0.4) is 0 Å². The fraction of sp³-hybridized carbons (Fsp3) is 0.405. The van der Waals surface area contributed by atoms with Gasteiger partial charge in [0.05, 0.1) is 38.1 Å². The summed E-state index contributed by atoms with van der Waals surface area (Å²) >= 11 is 0. The normalized spacial score (nSPS) is 10.3. The molecule has 2 aromatic carbocycles. The minimum absolute atomic E-state index is 0.0290. The number of esters is 1. The van der Waals surface area contributed by atoms with Gasteiger partial charge in [0.15, 0.2) is 11.2 Å². The SMILES string of the molecule is C=N.CC.CC(C)/C(=C\NCCOCCC(=O)Oc1c(F)c(F)c(F)c(F)c1F)CCCCCCCNC(=O)c1ccc(NCc2cnc3nc(N)[nH]c(=O)c3n2)cc1.NC=O.O=CO. The van der Waals surface area contributed by atoms with Crippen LogP contribution in [0.4, 0.5) is 33.6 Å². The lowest BCUT2D eigenvalue weighted by Crippen LogP contribution is -2.24. The number of aromatic amines is 1. The second kappa shape index (κ2) is 33.5. The summed E-state index contributed by atoms with van der Waals surface area (Å²) < 4.78 is 76.7. The van der Waals surface area contributed by atoms with Crippen LogP contribution >= 0.6 is 0 Å². The second-order valence-electron chi connectivity index (χ2n) is 13.0. The monoisotopic (exact) mass is 924 g/mol. The average molecular weight is 925 g/mol. The zero-order valence-corrected chi connectivity index (χ0v) is 36.6. The molecule has 0 atom stereocenters. The molecular weight excluding hydrogens is 868 g/mol. The summed E-state index contributed by atoms with van der Waals surface area (Å²) in [5.41, 5.74) is 12.6. The Bertz CT molecular complexity index is 2130. The van der Waals surface area contributed by atoms with Crippen LogP contribution < -0.4 is 37.7 Å². The summed E-state index contributed by atoms with van der Waals surface area (Å²) in [5, 5.41) is 21.7. The van der Waals surface area contributed by atoms with Crippen molar-refractivity contribution in [3.05, 3.63) is 92.9 Å². The maximum atomic E-state index is 13.7. The number of benzene rings is 2. The van der Waals surface area contributed by atoms with Crippen LogP contribution in [0.1, 0.15) is 88.7 Å². The van der Waals surface area contributed by atoms with Gasteiger partial charge in [-0.1, -0.05) is 52.5 Å². The number of anilines is 2. The van der Waals surface area contributed by atoms with E-state index in [1.807, 2.05) is 20.0 Å². The van der Waals surface area contributed by atoms with Gasteiger partial charge in [-0.05, 0) is 62.4 Å². The van der Waals surface area contributed by atoms with Crippen molar-refractivity contribution < 1.29 is 55.7 Å². The molecule has 2 amide bonds. The number of carbonyl (C=O) groups excluding carboxylic acids is 3. The highest BCUT2D eigenvalue weighted by Crippen LogP contribution is 2.29. The fourth-order valence-electron chi connectivity index (χ4n) is 5.24. The highest BCUT2D eigenvalue weighted by atomic mass is 19.2. The number of fused-ring (bicyclic) bond motifs is 1. The molecule has 0 fully saturated rings. The van der Waals surface area contributed by atoms with Crippen LogP contribution in [0.5, 0.6) is 5.75 Å². The van der Waals surface area contributed by atoms with E-state index in [0.29, 0.717) is 36.8 Å². The van der Waals surface area contributed by atoms with Crippen LogP contribution in [0.2, 0.25) is 0 Å². The Labute approximate surface area is 372 Å². The number of nitrogens with one attached hydrogen (secondary N) is 5. The molecule has 2 aromatic heterocycles. The summed E-state index contributed by atoms with van der Waals surface area (Å²) in [6.07, 6.45) is 9.02. The van der Waals surface area contributed by atoms with Gasteiger partial charge in [0.25, 0.3) is 17.9 Å². The highest BCUT2D eigenvalue weighted by Gasteiger charge is 2.28. The molecule has 4 aromatic rings. The zero-order chi connectivity index (χ0) is 49.3. The van der Waals surface area contributed by atoms with Gasteiger partial charge in [-0.2, -0.15) is 13.8 Å². The van der Waals surface area contributed by atoms with E-state index < -0.39 is 52.8 Å². The number of primary amides is 1. The number of rotatable bonds is 21. The quantitative estimate of drug-likeness (QED) is 0.00705. The number of hydrogen-bond donors (Lipinski definition) is 8. The van der Waals surface area contributed by atoms with E-state index in [4.69, 9.17) is 30.6 Å². The van der Waals surface area contributed by atoms with Crippen LogP contribution in [-0.4, -0.2) is 82.8 Å². The molecule has 4 rings (SSSR count). The van der Waals surface area contributed by atoms with Gasteiger partial charge in [-0.15, -0.1) is 0 Å². The van der Waals surface area contributed by atoms with Crippen LogP contribution in [0.25, 0.3) is 11.2 Å². The molecule has 0 aliphatic heterocycles. The number of nitrogens with zero attached hydrogens (tertiary/aromatic N) is 3. The fourth-order valence-corrected chi connectivity index (χ4v) is 5.24. The van der Waals surface area contributed by atoms with E-state index in [0.717, 1.165) is 44.2 Å². The number of nitrogen functional groups attached to an aromatic ring is 1. The van der Waals surface area contributed by atoms with Gasteiger partial charge in [0.2, 0.25) is 47.2 Å². The second-order valence-corrected chi connectivity index (χ2v) is 13.0. The Kier molecular flexibility index (Phi) is 29.9. The maximum absolute atomic E-state index is 13.7. The van der Waals surface area contributed by atoms with Crippen molar-refractivity contribution in [2.24, 2.45) is 11.7 Å². The highest BCUT2D eigenvalue weighted by molar-refractivity contribution is 5.94. The molecule has 0 aliphatic carbocycles. The van der Waals surface area contributed by atoms with Crippen molar-refractivity contribution in [2.75, 3.05) is 37.4 Å². The largest absolute Gasteiger partial charge is 0.483 e. The Balaban J connectivity index is 0.00000377. The average Bonchev–Trinajstić information content (AvgIpc) is 3.30. The number of aromatic nitrogens is 4. The van der Waals surface area contributed by atoms with Crippen molar-refractivity contribution in [1.82, 2.24) is 30.6 Å². The number of halogens is 5. The molecule has 0 radical (unpaired) electrons. The molecule has 2 heterocycles. The summed E-state index contributed by atoms with van der Waals surface area (Å²) in [6, 6.07) is 7.03. The summed E-state index contributed by atoms with van der Waals surface area (Å²) in [4.78, 5) is 68.2. The molecule has 0 unspecified atom stereocenters. The number of unbranched alkanes of at least 4 members (excludes halogenated alkanes) is 4. The molecule has 65 heavy (non-hydrogen) atoms. The van der Waals surface area contributed by atoms with Crippen molar-refractivity contribution in [3.8, 4) is 5.75 Å². The van der Waals surface area contributed by atoms with E-state index in [1.165, 1.54) is 11.8 Å². The van der Waals surface area contributed by atoms with Crippen LogP contribution in [-0.2, 0) is 25.7 Å². The third-order valence-electron chi connectivity index (χ3n) is 8.29. The van der Waals surface area contributed by atoms with Gasteiger partial charge in [-0.25, -0.2) is 23.1 Å². The smallest absolute Gasteiger partial charge is 0.313 e. The maximum Gasteiger partial charge on any atom is 0.313 e. The number of H-pyrrole nitrogens is 1. The van der Waals surface area contributed by atoms with E-state index >= 15 is 0 Å². The molecule has 0 bridgehead atoms. The van der Waals surface area contributed by atoms with Gasteiger partial charge in [0, 0.05) is 24.3 Å². The lowest BCUT2D eigenvalue weighted by atomic mass is 9.97. The Hall–Kier alpha value is -7.04. The first kappa shape index (κ1) is 58.0. The molecule has 18 nitrogen and oxygen atoms in total. The third-order valence-corrected chi connectivity index (χ3v) is 8.29. The molecule has 358 valence electrons. The number of allylic oxidation sites excluding steroid dienone is 1. The Morgan fingerprint density at radius 3 is 2.06 bits per heavy atom. The minimum atomic E-state index is -2.34. The third kappa shape index (κ3) is 21.3. The Morgan fingerprint density at radius 1 is 0.892 bits per heavy atom. The first-order valence-electron chi connectivity index (χ1n) is 20.1. The van der Waals surface area contributed by atoms with Crippen LogP contribution in [0.15, 0.2) is 47.0 Å². The molecule has 23 heteroatoms. The van der Waals surface area contributed by atoms with E-state index in [1.54, 1.807) is 24.3 Å². The summed E-state index contributed by atoms with van der Waals surface area (Å²) in [6.45, 7) is 11.7. The number of ether oxygens (including phenoxy) is 2. The minimum Gasteiger partial charge on any atom is -0.483 e. The van der Waals surface area contributed by atoms with Crippen molar-refractivity contribution >= 4 is 54.3 Å². The molecule has 0 aliphatic rings. The number of carboxylic acid groups (broad SMARTS) is 1. The molecule has 10 N–H and O–H groups in total. The topological polar surface area (TPSA) is 290 Å².